The summed E-state index contributed by atoms with van der Waals surface area (Å²) in [5.74, 6) is 0.833. The molecule has 0 saturated heterocycles. The van der Waals surface area contributed by atoms with Crippen LogP contribution in [0.5, 0.6) is 0 Å². The number of hydrogen-bond acceptors (Lipinski definition) is 4. The molecule has 0 unspecified atom stereocenters. The van der Waals surface area contributed by atoms with Crippen LogP contribution < -0.4 is 0 Å². The highest BCUT2D eigenvalue weighted by Gasteiger charge is 2.11. The van der Waals surface area contributed by atoms with Crippen LogP contribution >= 0.6 is 0 Å². The number of nitrogens with zero attached hydrogens (tertiary/aromatic N) is 4. The van der Waals surface area contributed by atoms with Gasteiger partial charge in [0.25, 0.3) is 0 Å². The van der Waals surface area contributed by atoms with Crippen LogP contribution in [-0.2, 0) is 0 Å². The molecule has 0 aromatic rings. The van der Waals surface area contributed by atoms with E-state index in [9.17, 15) is 0 Å². The van der Waals surface area contributed by atoms with Gasteiger partial charge in [-0.05, 0) is 47.5 Å². The van der Waals surface area contributed by atoms with Crippen LogP contribution in [0.4, 0.5) is 0 Å². The molecule has 96 valence electrons. The minimum absolute atomic E-state index is 0.0344. The first-order valence-electron chi connectivity index (χ1n) is 5.58. The standard InChI is InChI=1S/C8H18N2.C4H10.N2/c1-7(2,3)9-10-8(4,5)6;1-4(2)3;1-2/h1-6H3;4H,1-3H3;. The molecule has 0 radical (unpaired) electrons. The third-order valence-corrected chi connectivity index (χ3v) is 0.650. The molecule has 0 rings (SSSR count). The molecule has 16 heavy (non-hydrogen) atoms. The fraction of sp³-hybridized carbons (Fsp3) is 1.00. The molecule has 0 heterocycles. The smallest absolute Gasteiger partial charge is 0.0732 e. The summed E-state index contributed by atoms with van der Waals surface area (Å²) in [4.78, 5) is 0. The van der Waals surface area contributed by atoms with Crippen molar-refractivity contribution in [1.29, 1.82) is 10.8 Å². The molecule has 0 spiro atoms. The third kappa shape index (κ3) is 51.9. The van der Waals surface area contributed by atoms with Crippen LogP contribution in [0.3, 0.4) is 0 Å². The Hall–Kier alpha value is -0.980. The summed E-state index contributed by atoms with van der Waals surface area (Å²) in [7, 11) is 0. The van der Waals surface area contributed by atoms with Crippen molar-refractivity contribution in [1.82, 2.24) is 0 Å². The molecule has 0 aliphatic carbocycles. The number of rotatable bonds is 0. The highest BCUT2D eigenvalue weighted by Crippen LogP contribution is 2.13. The Kier molecular flexibility index (Phi) is 11.8. The Labute approximate surface area is 101 Å². The van der Waals surface area contributed by atoms with E-state index in [0.717, 1.165) is 5.92 Å². The average Bonchev–Trinajstić information content (AvgIpc) is 2.01. The lowest BCUT2D eigenvalue weighted by molar-refractivity contribution is 0.465. The Bertz CT molecular complexity index is 173. The Balaban J connectivity index is -0.000000237. The van der Waals surface area contributed by atoms with Gasteiger partial charge in [0.05, 0.1) is 11.1 Å². The fourth-order valence-corrected chi connectivity index (χ4v) is 0.300. The molecule has 0 N–H and O–H groups in total. The van der Waals surface area contributed by atoms with Crippen LogP contribution in [0.15, 0.2) is 10.2 Å². The maximum atomic E-state index is 6.00. The Morgan fingerprint density at radius 1 is 0.688 bits per heavy atom. The van der Waals surface area contributed by atoms with E-state index in [4.69, 9.17) is 10.8 Å². The maximum absolute atomic E-state index is 6.00. The first-order valence-corrected chi connectivity index (χ1v) is 5.58. The van der Waals surface area contributed by atoms with Crippen molar-refractivity contribution in [3.63, 3.8) is 0 Å². The van der Waals surface area contributed by atoms with E-state index in [1.54, 1.807) is 0 Å². The molecule has 0 aromatic heterocycles. The second-order valence-corrected chi connectivity index (χ2v) is 6.27. The first kappa shape index (κ1) is 20.4. The molecule has 0 bridgehead atoms. The van der Waals surface area contributed by atoms with Crippen molar-refractivity contribution >= 4 is 0 Å². The molecule has 0 atom stereocenters. The molecular formula is C12H28N4. The highest BCUT2D eigenvalue weighted by molar-refractivity contribution is 4.72. The lowest BCUT2D eigenvalue weighted by Crippen LogP contribution is -2.14. The second kappa shape index (κ2) is 9.26. The van der Waals surface area contributed by atoms with E-state index >= 15 is 0 Å². The lowest BCUT2D eigenvalue weighted by atomic mass is 10.1. The topological polar surface area (TPSA) is 72.3 Å². The van der Waals surface area contributed by atoms with E-state index in [-0.39, 0.29) is 11.1 Å². The lowest BCUT2D eigenvalue weighted by Gasteiger charge is -2.15. The van der Waals surface area contributed by atoms with Crippen molar-refractivity contribution < 1.29 is 0 Å². The SMILES string of the molecule is CC(C)(C)N=NC(C)(C)C.CC(C)C.N#N. The van der Waals surface area contributed by atoms with Crippen molar-refractivity contribution in [3.8, 4) is 0 Å². The molecule has 4 heteroatoms. The van der Waals surface area contributed by atoms with Crippen LogP contribution in [-0.4, -0.2) is 11.1 Å². The summed E-state index contributed by atoms with van der Waals surface area (Å²) < 4.78 is 0. The summed E-state index contributed by atoms with van der Waals surface area (Å²) in [5.41, 5.74) is -0.0689. The summed E-state index contributed by atoms with van der Waals surface area (Å²) in [6.45, 7) is 18.8. The van der Waals surface area contributed by atoms with Gasteiger partial charge >= 0.3 is 0 Å². The summed E-state index contributed by atoms with van der Waals surface area (Å²) in [6.07, 6.45) is 0. The zero-order valence-corrected chi connectivity index (χ0v) is 12.4. The van der Waals surface area contributed by atoms with Crippen molar-refractivity contribution in [3.05, 3.63) is 0 Å². The van der Waals surface area contributed by atoms with Gasteiger partial charge in [-0.2, -0.15) is 10.2 Å². The van der Waals surface area contributed by atoms with Crippen LogP contribution in [0.2, 0.25) is 0 Å². The van der Waals surface area contributed by atoms with Crippen LogP contribution in [0.25, 0.3) is 0 Å². The predicted octanol–water partition coefficient (Wildman–Crippen LogP) is 4.73. The van der Waals surface area contributed by atoms with Gasteiger partial charge in [-0.15, -0.1) is 0 Å². The van der Waals surface area contributed by atoms with Gasteiger partial charge in [-0.1, -0.05) is 20.8 Å². The van der Waals surface area contributed by atoms with E-state index in [1.807, 2.05) is 41.5 Å². The fourth-order valence-electron chi connectivity index (χ4n) is 0.300. The van der Waals surface area contributed by atoms with Crippen molar-refractivity contribution in [2.24, 2.45) is 16.1 Å². The van der Waals surface area contributed by atoms with Gasteiger partial charge in [-0.3, -0.25) is 0 Å². The minimum atomic E-state index is -0.0344. The Morgan fingerprint density at radius 2 is 0.812 bits per heavy atom. The normalized spacial score (nSPS) is 11.5. The van der Waals surface area contributed by atoms with E-state index in [2.05, 4.69) is 31.0 Å². The predicted molar refractivity (Wildman–Crippen MR) is 68.3 cm³/mol. The Morgan fingerprint density at radius 3 is 0.875 bits per heavy atom. The van der Waals surface area contributed by atoms with Crippen molar-refractivity contribution in [2.45, 2.75) is 73.4 Å². The molecule has 0 fully saturated rings. The van der Waals surface area contributed by atoms with Crippen LogP contribution in [0.1, 0.15) is 62.3 Å². The number of hydrogen-bond donors (Lipinski definition) is 0. The summed E-state index contributed by atoms with van der Waals surface area (Å²) in [5, 5.41) is 20.3. The first-order chi connectivity index (χ1) is 6.94. The molecule has 0 aliphatic rings. The van der Waals surface area contributed by atoms with E-state index in [1.165, 1.54) is 0 Å². The molecule has 4 nitrogen and oxygen atoms in total. The summed E-state index contributed by atoms with van der Waals surface area (Å²) >= 11 is 0. The molecule has 0 amide bonds. The van der Waals surface area contributed by atoms with Gasteiger partial charge in [0.2, 0.25) is 0 Å². The van der Waals surface area contributed by atoms with Gasteiger partial charge in [-0.25, -0.2) is 0 Å². The van der Waals surface area contributed by atoms with Gasteiger partial charge in [0.15, 0.2) is 0 Å². The van der Waals surface area contributed by atoms with Crippen LogP contribution in [0, 0.1) is 16.7 Å². The second-order valence-electron chi connectivity index (χ2n) is 6.27. The third-order valence-electron chi connectivity index (χ3n) is 0.650. The molecule has 0 aliphatic heterocycles. The number of azo groups is 1. The highest BCUT2D eigenvalue weighted by atomic mass is 15.2. The average molecular weight is 228 g/mol. The maximum Gasteiger partial charge on any atom is 0.0732 e. The minimum Gasteiger partial charge on any atom is -0.188 e. The quantitative estimate of drug-likeness (QED) is 0.444. The van der Waals surface area contributed by atoms with Gasteiger partial charge in [0.1, 0.15) is 0 Å². The zero-order chi connectivity index (χ0) is 14.0. The molecule has 0 saturated carbocycles. The largest absolute Gasteiger partial charge is 0.188 e. The monoisotopic (exact) mass is 228 g/mol. The van der Waals surface area contributed by atoms with E-state index < -0.39 is 0 Å². The van der Waals surface area contributed by atoms with Gasteiger partial charge in [0, 0.05) is 10.8 Å². The zero-order valence-electron chi connectivity index (χ0n) is 12.4. The van der Waals surface area contributed by atoms with E-state index in [0.29, 0.717) is 0 Å². The van der Waals surface area contributed by atoms with Gasteiger partial charge < -0.3 is 0 Å². The summed E-state index contributed by atoms with van der Waals surface area (Å²) in [6, 6.07) is 0. The molecular weight excluding hydrogens is 200 g/mol. The molecule has 0 aromatic carbocycles. The van der Waals surface area contributed by atoms with Crippen molar-refractivity contribution in [2.75, 3.05) is 0 Å².